The van der Waals surface area contributed by atoms with Crippen LogP contribution in [0.1, 0.15) is 6.92 Å². The molecule has 98 valence electrons. The van der Waals surface area contributed by atoms with Crippen LogP contribution >= 0.6 is 34.5 Å². The van der Waals surface area contributed by atoms with Crippen LogP contribution in [0.2, 0.25) is 10.0 Å². The van der Waals surface area contributed by atoms with Gasteiger partial charge in [-0.05, 0) is 25.1 Å². The predicted molar refractivity (Wildman–Crippen MR) is 81.0 cm³/mol. The van der Waals surface area contributed by atoms with Gasteiger partial charge in [-0.1, -0.05) is 35.3 Å². The van der Waals surface area contributed by atoms with Crippen molar-refractivity contribution in [2.24, 2.45) is 0 Å². The van der Waals surface area contributed by atoms with Gasteiger partial charge in [0.2, 0.25) is 5.91 Å². The van der Waals surface area contributed by atoms with Crippen molar-refractivity contribution in [1.29, 1.82) is 0 Å². The highest BCUT2D eigenvalue weighted by atomic mass is 35.5. The molecule has 0 aliphatic rings. The Labute approximate surface area is 124 Å². The molecule has 2 aromatic rings. The largest absolute Gasteiger partial charge is 0.298 e. The minimum atomic E-state index is -0.197. The van der Waals surface area contributed by atoms with Crippen molar-refractivity contribution in [3.8, 4) is 11.3 Å². The normalized spacial score (nSPS) is 10.9. The molecule has 0 fully saturated rings. The average molecular weight is 313 g/mol. The number of aromatic nitrogens is 1. The van der Waals surface area contributed by atoms with Crippen molar-refractivity contribution >= 4 is 45.6 Å². The summed E-state index contributed by atoms with van der Waals surface area (Å²) in [5.74, 6) is -0.197. The van der Waals surface area contributed by atoms with E-state index in [4.69, 9.17) is 23.2 Å². The molecule has 3 nitrogen and oxygen atoms in total. The van der Waals surface area contributed by atoms with Crippen molar-refractivity contribution in [3.05, 3.63) is 45.8 Å². The topological polar surface area (TPSA) is 42.0 Å². The lowest BCUT2D eigenvalue weighted by Gasteiger charge is -1.99. The smallest absolute Gasteiger partial charge is 0.249 e. The van der Waals surface area contributed by atoms with Gasteiger partial charge >= 0.3 is 0 Å². The number of hydrogen-bond donors (Lipinski definition) is 1. The van der Waals surface area contributed by atoms with Gasteiger partial charge in [0, 0.05) is 10.9 Å². The Morgan fingerprint density at radius 2 is 2.16 bits per heavy atom. The molecule has 0 aliphatic heterocycles. The van der Waals surface area contributed by atoms with Gasteiger partial charge in [0.15, 0.2) is 5.13 Å². The molecule has 6 heteroatoms. The van der Waals surface area contributed by atoms with Crippen molar-refractivity contribution < 1.29 is 4.79 Å². The van der Waals surface area contributed by atoms with Gasteiger partial charge in [-0.25, -0.2) is 4.98 Å². The van der Waals surface area contributed by atoms with E-state index in [1.807, 2.05) is 11.4 Å². The Balaban J connectivity index is 2.20. The minimum Gasteiger partial charge on any atom is -0.298 e. The molecule has 0 unspecified atom stereocenters. The van der Waals surface area contributed by atoms with Crippen LogP contribution in [0, 0.1) is 0 Å². The van der Waals surface area contributed by atoms with E-state index in [1.165, 1.54) is 17.4 Å². The minimum absolute atomic E-state index is 0.197. The van der Waals surface area contributed by atoms with Crippen molar-refractivity contribution in [2.75, 3.05) is 5.32 Å². The zero-order chi connectivity index (χ0) is 13.8. The predicted octanol–water partition coefficient (Wildman–Crippen LogP) is 4.63. The third-order valence-electron chi connectivity index (χ3n) is 2.27. The summed E-state index contributed by atoms with van der Waals surface area (Å²) in [5.41, 5.74) is 1.61. The lowest BCUT2D eigenvalue weighted by atomic mass is 10.2. The van der Waals surface area contributed by atoms with Crippen LogP contribution in [-0.4, -0.2) is 10.9 Å². The van der Waals surface area contributed by atoms with Crippen LogP contribution in [0.3, 0.4) is 0 Å². The maximum Gasteiger partial charge on any atom is 0.249 e. The van der Waals surface area contributed by atoms with Crippen molar-refractivity contribution in [2.45, 2.75) is 6.92 Å². The van der Waals surface area contributed by atoms with E-state index in [0.717, 1.165) is 11.3 Å². The summed E-state index contributed by atoms with van der Waals surface area (Å²) in [7, 11) is 0. The van der Waals surface area contributed by atoms with Crippen molar-refractivity contribution in [3.63, 3.8) is 0 Å². The second-order valence-electron chi connectivity index (χ2n) is 3.66. The fourth-order valence-electron chi connectivity index (χ4n) is 1.42. The molecule has 1 aromatic carbocycles. The first-order chi connectivity index (χ1) is 9.10. The summed E-state index contributed by atoms with van der Waals surface area (Å²) in [6, 6.07) is 5.30. The number of amides is 1. The number of halogens is 2. The van der Waals surface area contributed by atoms with Crippen LogP contribution in [0.15, 0.2) is 35.7 Å². The molecule has 1 amide bonds. The Morgan fingerprint density at radius 1 is 1.37 bits per heavy atom. The Hall–Kier alpha value is -1.36. The van der Waals surface area contributed by atoms with E-state index in [-0.39, 0.29) is 5.91 Å². The molecule has 19 heavy (non-hydrogen) atoms. The highest BCUT2D eigenvalue weighted by Gasteiger charge is 2.08. The van der Waals surface area contributed by atoms with Crippen LogP contribution in [0.25, 0.3) is 11.3 Å². The molecule has 0 spiro atoms. The first-order valence-corrected chi connectivity index (χ1v) is 7.08. The molecule has 0 radical (unpaired) electrons. The lowest BCUT2D eigenvalue weighted by molar-refractivity contribution is -0.111. The van der Waals surface area contributed by atoms with Gasteiger partial charge in [0.25, 0.3) is 0 Å². The van der Waals surface area contributed by atoms with E-state index in [2.05, 4.69) is 10.3 Å². The maximum absolute atomic E-state index is 11.4. The van der Waals surface area contributed by atoms with E-state index in [1.54, 1.807) is 25.1 Å². The summed E-state index contributed by atoms with van der Waals surface area (Å²) in [6.07, 6.45) is 3.11. The fourth-order valence-corrected chi connectivity index (χ4v) is 2.44. The fraction of sp³-hybridized carbons (Fsp3) is 0.0769. The standard InChI is InChI=1S/C13H10Cl2N2OS/c1-2-3-12(18)17-13-16-11(7-19-13)8-4-5-9(14)10(15)6-8/h2-7H,1H3,(H,16,17,18). The lowest BCUT2D eigenvalue weighted by Crippen LogP contribution is -2.07. The van der Waals surface area contributed by atoms with Gasteiger partial charge < -0.3 is 0 Å². The zero-order valence-electron chi connectivity index (χ0n) is 9.98. The van der Waals surface area contributed by atoms with E-state index >= 15 is 0 Å². The third-order valence-corrected chi connectivity index (χ3v) is 3.76. The SMILES string of the molecule is CC=CC(=O)Nc1nc(-c2ccc(Cl)c(Cl)c2)cs1. The number of hydrogen-bond acceptors (Lipinski definition) is 3. The van der Waals surface area contributed by atoms with Gasteiger partial charge in [0.1, 0.15) is 0 Å². The van der Waals surface area contributed by atoms with Gasteiger partial charge in [-0.3, -0.25) is 10.1 Å². The van der Waals surface area contributed by atoms with E-state index < -0.39 is 0 Å². The molecule has 0 saturated carbocycles. The second kappa shape index (κ2) is 6.19. The van der Waals surface area contributed by atoms with Gasteiger partial charge in [-0.2, -0.15) is 0 Å². The number of thiazole rings is 1. The van der Waals surface area contributed by atoms with Gasteiger partial charge in [-0.15, -0.1) is 11.3 Å². The highest BCUT2D eigenvalue weighted by Crippen LogP contribution is 2.30. The molecule has 0 atom stereocenters. The number of carbonyl (C=O) groups is 1. The Bertz CT molecular complexity index is 637. The monoisotopic (exact) mass is 312 g/mol. The molecule has 0 saturated heterocycles. The molecule has 1 heterocycles. The molecule has 0 aliphatic carbocycles. The number of benzene rings is 1. The maximum atomic E-state index is 11.4. The molecule has 1 N–H and O–H groups in total. The number of anilines is 1. The molecular weight excluding hydrogens is 303 g/mol. The number of nitrogens with zero attached hydrogens (tertiary/aromatic N) is 1. The first-order valence-electron chi connectivity index (χ1n) is 5.45. The quantitative estimate of drug-likeness (QED) is 0.839. The Morgan fingerprint density at radius 3 is 2.84 bits per heavy atom. The summed E-state index contributed by atoms with van der Waals surface area (Å²) in [5, 5.41) is 6.06. The summed E-state index contributed by atoms with van der Waals surface area (Å²) >= 11 is 13.2. The van der Waals surface area contributed by atoms with Crippen LogP contribution in [-0.2, 0) is 4.79 Å². The molecular formula is C13H10Cl2N2OS. The van der Waals surface area contributed by atoms with E-state index in [0.29, 0.717) is 15.2 Å². The van der Waals surface area contributed by atoms with Crippen LogP contribution in [0.5, 0.6) is 0 Å². The van der Waals surface area contributed by atoms with Crippen molar-refractivity contribution in [1.82, 2.24) is 4.98 Å². The summed E-state index contributed by atoms with van der Waals surface area (Å²) < 4.78 is 0. The van der Waals surface area contributed by atoms with E-state index in [9.17, 15) is 4.79 Å². The molecule has 1 aromatic heterocycles. The number of carbonyl (C=O) groups excluding carboxylic acids is 1. The molecule has 0 bridgehead atoms. The van der Waals surface area contributed by atoms with Gasteiger partial charge in [0.05, 0.1) is 15.7 Å². The second-order valence-corrected chi connectivity index (χ2v) is 5.33. The number of nitrogens with one attached hydrogen (secondary N) is 1. The van der Waals surface area contributed by atoms with Crippen LogP contribution < -0.4 is 5.32 Å². The Kier molecular flexibility index (Phi) is 4.58. The first kappa shape index (κ1) is 14.1. The number of allylic oxidation sites excluding steroid dienone is 1. The average Bonchev–Trinajstić information content (AvgIpc) is 2.81. The molecule has 2 rings (SSSR count). The zero-order valence-corrected chi connectivity index (χ0v) is 12.3. The number of rotatable bonds is 3. The summed E-state index contributed by atoms with van der Waals surface area (Å²) in [6.45, 7) is 1.78. The summed E-state index contributed by atoms with van der Waals surface area (Å²) in [4.78, 5) is 15.7. The highest BCUT2D eigenvalue weighted by molar-refractivity contribution is 7.14. The van der Waals surface area contributed by atoms with Crippen LogP contribution in [0.4, 0.5) is 5.13 Å². The third kappa shape index (κ3) is 3.56.